The molecule has 0 aromatic carbocycles. The van der Waals surface area contributed by atoms with Crippen LogP contribution in [-0.4, -0.2) is 30.7 Å². The van der Waals surface area contributed by atoms with Gasteiger partial charge < -0.3 is 10.2 Å². The van der Waals surface area contributed by atoms with Gasteiger partial charge in [-0.1, -0.05) is 13.8 Å². The average molecular weight is 221 g/mol. The lowest BCUT2D eigenvalue weighted by molar-refractivity contribution is 0.582. The standard InChI is InChI=1S/C13H23N3/c1-5-16(9-8-14-11(2)3)13-10-12(4)6-7-15-13/h6-7,10-11,14H,5,8-9H2,1-4H3. The molecule has 1 rings (SSSR count). The van der Waals surface area contributed by atoms with Gasteiger partial charge in [-0.15, -0.1) is 0 Å². The quantitative estimate of drug-likeness (QED) is 0.798. The van der Waals surface area contributed by atoms with Crippen LogP contribution < -0.4 is 10.2 Å². The molecule has 0 fully saturated rings. The second-order valence-corrected chi connectivity index (χ2v) is 4.38. The molecule has 1 heterocycles. The van der Waals surface area contributed by atoms with Gasteiger partial charge in [0.25, 0.3) is 0 Å². The minimum absolute atomic E-state index is 0.546. The number of pyridine rings is 1. The minimum atomic E-state index is 0.546. The maximum Gasteiger partial charge on any atom is 0.128 e. The van der Waals surface area contributed by atoms with Crippen LogP contribution in [0.1, 0.15) is 26.3 Å². The summed E-state index contributed by atoms with van der Waals surface area (Å²) in [5, 5.41) is 3.43. The van der Waals surface area contributed by atoms with Gasteiger partial charge in [0.2, 0.25) is 0 Å². The van der Waals surface area contributed by atoms with E-state index in [1.807, 2.05) is 12.3 Å². The largest absolute Gasteiger partial charge is 0.356 e. The molecule has 1 aromatic heterocycles. The number of aryl methyl sites for hydroxylation is 1. The van der Waals surface area contributed by atoms with E-state index in [9.17, 15) is 0 Å². The van der Waals surface area contributed by atoms with Gasteiger partial charge in [-0.05, 0) is 31.5 Å². The van der Waals surface area contributed by atoms with Gasteiger partial charge in [-0.25, -0.2) is 4.98 Å². The number of aromatic nitrogens is 1. The average Bonchev–Trinajstić information content (AvgIpc) is 2.24. The van der Waals surface area contributed by atoms with Crippen molar-refractivity contribution < 1.29 is 0 Å². The molecule has 0 saturated carbocycles. The number of nitrogens with zero attached hydrogens (tertiary/aromatic N) is 2. The topological polar surface area (TPSA) is 28.2 Å². The number of nitrogens with one attached hydrogen (secondary N) is 1. The van der Waals surface area contributed by atoms with Crippen LogP contribution in [0.2, 0.25) is 0 Å². The Bertz CT molecular complexity index is 310. The van der Waals surface area contributed by atoms with Crippen molar-refractivity contribution in [1.29, 1.82) is 0 Å². The highest BCUT2D eigenvalue weighted by Crippen LogP contribution is 2.11. The van der Waals surface area contributed by atoms with Crippen molar-refractivity contribution in [2.75, 3.05) is 24.5 Å². The van der Waals surface area contributed by atoms with E-state index < -0.39 is 0 Å². The van der Waals surface area contributed by atoms with Gasteiger partial charge in [-0.2, -0.15) is 0 Å². The van der Waals surface area contributed by atoms with Gasteiger partial charge in [-0.3, -0.25) is 0 Å². The van der Waals surface area contributed by atoms with E-state index in [1.165, 1.54) is 5.56 Å². The van der Waals surface area contributed by atoms with Crippen molar-refractivity contribution in [3.8, 4) is 0 Å². The first-order valence-electron chi connectivity index (χ1n) is 6.04. The second-order valence-electron chi connectivity index (χ2n) is 4.38. The fourth-order valence-corrected chi connectivity index (χ4v) is 1.62. The van der Waals surface area contributed by atoms with Crippen molar-refractivity contribution in [1.82, 2.24) is 10.3 Å². The Labute approximate surface area is 98.9 Å². The monoisotopic (exact) mass is 221 g/mol. The second kappa shape index (κ2) is 6.48. The molecular formula is C13H23N3. The molecule has 3 nitrogen and oxygen atoms in total. The highest BCUT2D eigenvalue weighted by Gasteiger charge is 2.05. The normalized spacial score (nSPS) is 10.8. The van der Waals surface area contributed by atoms with Crippen LogP contribution in [0.3, 0.4) is 0 Å². The molecule has 0 radical (unpaired) electrons. The predicted molar refractivity (Wildman–Crippen MR) is 70.0 cm³/mol. The summed E-state index contributed by atoms with van der Waals surface area (Å²) in [7, 11) is 0. The van der Waals surface area contributed by atoms with Gasteiger partial charge in [0, 0.05) is 31.9 Å². The Morgan fingerprint density at radius 2 is 2.19 bits per heavy atom. The Balaban J connectivity index is 2.53. The van der Waals surface area contributed by atoms with Crippen LogP contribution in [0.4, 0.5) is 5.82 Å². The molecule has 0 aliphatic heterocycles. The highest BCUT2D eigenvalue weighted by molar-refractivity contribution is 5.40. The lowest BCUT2D eigenvalue weighted by Gasteiger charge is -2.23. The van der Waals surface area contributed by atoms with Crippen LogP contribution >= 0.6 is 0 Å². The maximum atomic E-state index is 4.41. The molecule has 0 aliphatic carbocycles. The first-order chi connectivity index (χ1) is 7.63. The molecule has 0 saturated heterocycles. The van der Waals surface area contributed by atoms with E-state index in [0.717, 1.165) is 25.5 Å². The smallest absolute Gasteiger partial charge is 0.128 e. The van der Waals surface area contributed by atoms with Crippen molar-refractivity contribution >= 4 is 5.82 Å². The van der Waals surface area contributed by atoms with E-state index in [1.54, 1.807) is 0 Å². The molecule has 0 bridgehead atoms. The summed E-state index contributed by atoms with van der Waals surface area (Å²) in [4.78, 5) is 6.70. The highest BCUT2D eigenvalue weighted by atomic mass is 15.2. The van der Waals surface area contributed by atoms with E-state index in [2.05, 4.69) is 49.0 Å². The summed E-state index contributed by atoms with van der Waals surface area (Å²) in [5.41, 5.74) is 1.26. The van der Waals surface area contributed by atoms with Gasteiger partial charge in [0.1, 0.15) is 5.82 Å². The molecule has 0 amide bonds. The Kier molecular flexibility index (Phi) is 5.26. The van der Waals surface area contributed by atoms with Crippen molar-refractivity contribution in [2.45, 2.75) is 33.7 Å². The number of likely N-dealkylation sites (N-methyl/N-ethyl adjacent to an activating group) is 1. The van der Waals surface area contributed by atoms with Crippen molar-refractivity contribution in [3.63, 3.8) is 0 Å². The fourth-order valence-electron chi connectivity index (χ4n) is 1.62. The summed E-state index contributed by atoms with van der Waals surface area (Å²) in [6.07, 6.45) is 1.88. The lowest BCUT2D eigenvalue weighted by atomic mass is 10.3. The van der Waals surface area contributed by atoms with Crippen LogP contribution in [0.15, 0.2) is 18.3 Å². The van der Waals surface area contributed by atoms with Crippen molar-refractivity contribution in [3.05, 3.63) is 23.9 Å². The number of rotatable bonds is 6. The van der Waals surface area contributed by atoms with Crippen LogP contribution in [-0.2, 0) is 0 Å². The summed E-state index contributed by atoms with van der Waals surface area (Å²) in [6.45, 7) is 11.6. The Morgan fingerprint density at radius 1 is 1.44 bits per heavy atom. The zero-order valence-corrected chi connectivity index (χ0v) is 10.8. The van der Waals surface area contributed by atoms with E-state index in [4.69, 9.17) is 0 Å². The molecule has 0 aliphatic rings. The van der Waals surface area contributed by atoms with Crippen LogP contribution in [0, 0.1) is 6.92 Å². The molecule has 1 aromatic rings. The first-order valence-corrected chi connectivity index (χ1v) is 6.04. The molecule has 1 N–H and O–H groups in total. The molecule has 0 atom stereocenters. The van der Waals surface area contributed by atoms with E-state index in [-0.39, 0.29) is 0 Å². The summed E-state index contributed by atoms with van der Waals surface area (Å²) in [5.74, 6) is 1.08. The third kappa shape index (κ3) is 4.19. The van der Waals surface area contributed by atoms with E-state index >= 15 is 0 Å². The molecule has 0 unspecified atom stereocenters. The maximum absolute atomic E-state index is 4.41. The minimum Gasteiger partial charge on any atom is -0.356 e. The summed E-state index contributed by atoms with van der Waals surface area (Å²) < 4.78 is 0. The zero-order valence-electron chi connectivity index (χ0n) is 10.8. The third-order valence-electron chi connectivity index (χ3n) is 2.54. The first kappa shape index (κ1) is 13.0. The predicted octanol–water partition coefficient (Wildman–Crippen LogP) is 2.21. The fraction of sp³-hybridized carbons (Fsp3) is 0.615. The lowest BCUT2D eigenvalue weighted by Crippen LogP contribution is -2.35. The summed E-state index contributed by atoms with van der Waals surface area (Å²) in [6, 6.07) is 4.71. The molecular weight excluding hydrogens is 198 g/mol. The van der Waals surface area contributed by atoms with Gasteiger partial charge in [0.05, 0.1) is 0 Å². The van der Waals surface area contributed by atoms with Gasteiger partial charge >= 0.3 is 0 Å². The molecule has 0 spiro atoms. The van der Waals surface area contributed by atoms with Gasteiger partial charge in [0.15, 0.2) is 0 Å². The number of hydrogen-bond donors (Lipinski definition) is 1. The molecule has 16 heavy (non-hydrogen) atoms. The van der Waals surface area contributed by atoms with E-state index in [0.29, 0.717) is 6.04 Å². The summed E-state index contributed by atoms with van der Waals surface area (Å²) >= 11 is 0. The molecule has 90 valence electrons. The van der Waals surface area contributed by atoms with Crippen LogP contribution in [0.5, 0.6) is 0 Å². The third-order valence-corrected chi connectivity index (χ3v) is 2.54. The zero-order chi connectivity index (χ0) is 12.0. The Morgan fingerprint density at radius 3 is 2.75 bits per heavy atom. The van der Waals surface area contributed by atoms with Crippen LogP contribution in [0.25, 0.3) is 0 Å². The number of hydrogen-bond acceptors (Lipinski definition) is 3. The molecule has 3 heteroatoms. The van der Waals surface area contributed by atoms with Crippen molar-refractivity contribution in [2.24, 2.45) is 0 Å². The Hall–Kier alpha value is -1.09. The number of anilines is 1. The SMILES string of the molecule is CCN(CCNC(C)C)c1cc(C)ccn1.